The second kappa shape index (κ2) is 2.96. The molecule has 0 bridgehead atoms. The molecule has 0 N–H and O–H groups in total. The van der Waals surface area contributed by atoms with E-state index in [1.807, 2.05) is 0 Å². The highest BCUT2D eigenvalue weighted by Gasteiger charge is 2.36. The molecule has 64 valence electrons. The quantitative estimate of drug-likeness (QED) is 0.597. The predicted octanol–water partition coefficient (Wildman–Crippen LogP) is 2.79. The van der Waals surface area contributed by atoms with Crippen LogP contribution in [0.5, 0.6) is 0 Å². The molecule has 1 heteroatoms. The van der Waals surface area contributed by atoms with E-state index in [0.29, 0.717) is 11.7 Å². The smallest absolute Gasteiger partial charge is 0.136 e. The third-order valence-electron chi connectivity index (χ3n) is 3.16. The summed E-state index contributed by atoms with van der Waals surface area (Å²) in [5.74, 6) is 0.851. The Bertz CT molecular complexity index is 158. The normalized spacial score (nSPS) is 26.1. The molecule has 0 aromatic carbocycles. The van der Waals surface area contributed by atoms with E-state index >= 15 is 0 Å². The van der Waals surface area contributed by atoms with E-state index in [4.69, 9.17) is 0 Å². The first-order valence-electron chi connectivity index (χ1n) is 4.60. The molecular formula is C10H18O. The summed E-state index contributed by atoms with van der Waals surface area (Å²) in [5, 5.41) is 0. The fourth-order valence-corrected chi connectivity index (χ4v) is 1.89. The van der Waals surface area contributed by atoms with Crippen LogP contribution in [0.3, 0.4) is 0 Å². The number of ketones is 1. The minimum atomic E-state index is 0.244. The van der Waals surface area contributed by atoms with E-state index in [1.54, 1.807) is 0 Å². The van der Waals surface area contributed by atoms with Gasteiger partial charge in [0, 0.05) is 12.3 Å². The zero-order valence-corrected chi connectivity index (χ0v) is 7.81. The van der Waals surface area contributed by atoms with Crippen LogP contribution in [0.1, 0.15) is 46.5 Å². The van der Waals surface area contributed by atoms with Crippen LogP contribution in [-0.4, -0.2) is 5.78 Å². The molecule has 1 unspecified atom stereocenters. The molecular weight excluding hydrogens is 136 g/mol. The van der Waals surface area contributed by atoms with Crippen LogP contribution in [0.4, 0.5) is 0 Å². The van der Waals surface area contributed by atoms with Gasteiger partial charge in [-0.25, -0.2) is 0 Å². The van der Waals surface area contributed by atoms with Crippen molar-refractivity contribution in [3.8, 4) is 0 Å². The zero-order chi connectivity index (χ0) is 8.48. The average molecular weight is 154 g/mol. The van der Waals surface area contributed by atoms with Crippen molar-refractivity contribution in [3.05, 3.63) is 0 Å². The van der Waals surface area contributed by atoms with Gasteiger partial charge >= 0.3 is 0 Å². The molecule has 0 saturated heterocycles. The van der Waals surface area contributed by atoms with Gasteiger partial charge in [-0.1, -0.05) is 27.2 Å². The van der Waals surface area contributed by atoms with Gasteiger partial charge in [-0.3, -0.25) is 4.79 Å². The molecule has 0 aliphatic heterocycles. The first-order valence-corrected chi connectivity index (χ1v) is 4.60. The van der Waals surface area contributed by atoms with Gasteiger partial charge in [0.25, 0.3) is 0 Å². The number of hydrogen-bond acceptors (Lipinski definition) is 1. The third kappa shape index (κ3) is 1.63. The molecule has 1 aliphatic rings. The van der Waals surface area contributed by atoms with E-state index < -0.39 is 0 Å². The number of carbonyl (C=O) groups is 1. The zero-order valence-electron chi connectivity index (χ0n) is 7.81. The van der Waals surface area contributed by atoms with Gasteiger partial charge < -0.3 is 0 Å². The van der Waals surface area contributed by atoms with Crippen molar-refractivity contribution in [1.82, 2.24) is 0 Å². The van der Waals surface area contributed by atoms with E-state index in [0.717, 1.165) is 25.7 Å². The number of Topliss-reactive ketones (excluding diaryl/α,β-unsaturated/α-hetero) is 1. The van der Waals surface area contributed by atoms with Crippen molar-refractivity contribution < 1.29 is 4.79 Å². The Morgan fingerprint density at radius 2 is 2.18 bits per heavy atom. The lowest BCUT2D eigenvalue weighted by Gasteiger charge is -2.28. The fraction of sp³-hybridized carbons (Fsp3) is 0.900. The van der Waals surface area contributed by atoms with Crippen molar-refractivity contribution in [1.29, 1.82) is 0 Å². The van der Waals surface area contributed by atoms with Crippen LogP contribution in [0.15, 0.2) is 0 Å². The van der Waals surface area contributed by atoms with Gasteiger partial charge in [-0.05, 0) is 18.3 Å². The Morgan fingerprint density at radius 3 is 2.55 bits per heavy atom. The minimum absolute atomic E-state index is 0.244. The van der Waals surface area contributed by atoms with Crippen LogP contribution in [-0.2, 0) is 4.79 Å². The van der Waals surface area contributed by atoms with Crippen LogP contribution in [0, 0.1) is 11.3 Å². The maximum atomic E-state index is 11.4. The van der Waals surface area contributed by atoms with Crippen LogP contribution < -0.4 is 0 Å². The molecule has 1 atom stereocenters. The Kier molecular flexibility index (Phi) is 2.36. The topological polar surface area (TPSA) is 17.1 Å². The van der Waals surface area contributed by atoms with Crippen molar-refractivity contribution in [2.24, 2.45) is 11.3 Å². The van der Waals surface area contributed by atoms with Crippen LogP contribution in [0.25, 0.3) is 0 Å². The molecule has 1 fully saturated rings. The lowest BCUT2D eigenvalue weighted by atomic mass is 9.75. The predicted molar refractivity (Wildman–Crippen MR) is 46.4 cm³/mol. The lowest BCUT2D eigenvalue weighted by molar-refractivity contribution is -0.123. The molecule has 1 aliphatic carbocycles. The molecule has 1 saturated carbocycles. The average Bonchev–Trinajstić information content (AvgIpc) is 2.36. The van der Waals surface area contributed by atoms with E-state index in [2.05, 4.69) is 20.8 Å². The van der Waals surface area contributed by atoms with E-state index in [9.17, 15) is 4.79 Å². The van der Waals surface area contributed by atoms with E-state index in [-0.39, 0.29) is 5.41 Å². The monoisotopic (exact) mass is 154 g/mol. The molecule has 11 heavy (non-hydrogen) atoms. The number of rotatable bonds is 2. The highest BCUT2D eigenvalue weighted by Crippen LogP contribution is 2.39. The Hall–Kier alpha value is -0.330. The molecule has 0 heterocycles. The second-order valence-corrected chi connectivity index (χ2v) is 4.25. The number of carbonyl (C=O) groups excluding carboxylic acids is 1. The highest BCUT2D eigenvalue weighted by molar-refractivity contribution is 5.83. The summed E-state index contributed by atoms with van der Waals surface area (Å²) >= 11 is 0. The summed E-state index contributed by atoms with van der Waals surface area (Å²) in [6, 6.07) is 0. The van der Waals surface area contributed by atoms with Crippen molar-refractivity contribution in [3.63, 3.8) is 0 Å². The molecule has 0 aromatic heterocycles. The standard InChI is InChI=1S/C10H18O/c1-4-10(2,3)8-6-5-7-9(8)11/h8H,4-7H2,1-3H3. The summed E-state index contributed by atoms with van der Waals surface area (Å²) in [5.41, 5.74) is 0.244. The van der Waals surface area contributed by atoms with Gasteiger partial charge in [0.15, 0.2) is 0 Å². The summed E-state index contributed by atoms with van der Waals surface area (Å²) in [4.78, 5) is 11.4. The van der Waals surface area contributed by atoms with Gasteiger partial charge in [0.05, 0.1) is 0 Å². The van der Waals surface area contributed by atoms with Crippen molar-refractivity contribution >= 4 is 5.78 Å². The Morgan fingerprint density at radius 1 is 1.55 bits per heavy atom. The van der Waals surface area contributed by atoms with Gasteiger partial charge in [0.2, 0.25) is 0 Å². The molecule has 0 radical (unpaired) electrons. The molecule has 0 aromatic rings. The van der Waals surface area contributed by atoms with Gasteiger partial charge in [0.1, 0.15) is 5.78 Å². The van der Waals surface area contributed by atoms with Crippen LogP contribution >= 0.6 is 0 Å². The highest BCUT2D eigenvalue weighted by atomic mass is 16.1. The first-order chi connectivity index (χ1) is 5.08. The Labute approximate surface area is 69.2 Å². The maximum Gasteiger partial charge on any atom is 0.136 e. The fourth-order valence-electron chi connectivity index (χ4n) is 1.89. The first kappa shape index (κ1) is 8.76. The van der Waals surface area contributed by atoms with Crippen molar-refractivity contribution in [2.75, 3.05) is 0 Å². The van der Waals surface area contributed by atoms with Gasteiger partial charge in [-0.15, -0.1) is 0 Å². The minimum Gasteiger partial charge on any atom is -0.299 e. The lowest BCUT2D eigenvalue weighted by Crippen LogP contribution is -2.26. The Balaban J connectivity index is 2.65. The summed E-state index contributed by atoms with van der Waals surface area (Å²) < 4.78 is 0. The van der Waals surface area contributed by atoms with Crippen molar-refractivity contribution in [2.45, 2.75) is 46.5 Å². The molecule has 0 amide bonds. The molecule has 1 rings (SSSR count). The van der Waals surface area contributed by atoms with Gasteiger partial charge in [-0.2, -0.15) is 0 Å². The molecule has 0 spiro atoms. The molecule has 1 nitrogen and oxygen atoms in total. The second-order valence-electron chi connectivity index (χ2n) is 4.25. The largest absolute Gasteiger partial charge is 0.299 e. The van der Waals surface area contributed by atoms with Crippen LogP contribution in [0.2, 0.25) is 0 Å². The summed E-state index contributed by atoms with van der Waals surface area (Å²) in [6.45, 7) is 6.59. The number of hydrogen-bond donors (Lipinski definition) is 0. The summed E-state index contributed by atoms with van der Waals surface area (Å²) in [6.07, 6.45) is 4.18. The van der Waals surface area contributed by atoms with E-state index in [1.165, 1.54) is 0 Å². The SMILES string of the molecule is CCC(C)(C)C1CCCC1=O. The third-order valence-corrected chi connectivity index (χ3v) is 3.16. The maximum absolute atomic E-state index is 11.4. The summed E-state index contributed by atoms with van der Waals surface area (Å²) in [7, 11) is 0.